The molecule has 3 rings (SSSR count). The summed E-state index contributed by atoms with van der Waals surface area (Å²) in [6.45, 7) is 1.89. The van der Waals surface area contributed by atoms with Gasteiger partial charge in [-0.2, -0.15) is 0 Å². The Labute approximate surface area is 134 Å². The average Bonchev–Trinajstić information content (AvgIpc) is 2.90. The molecular formula is C16H21NO6. The van der Waals surface area contributed by atoms with Crippen LogP contribution in [-0.4, -0.2) is 77.3 Å². The van der Waals surface area contributed by atoms with Gasteiger partial charge >= 0.3 is 0 Å². The minimum atomic E-state index is -1.13. The summed E-state index contributed by atoms with van der Waals surface area (Å²) < 4.78 is 10.7. The molecule has 2 aliphatic rings. The number of morpholine rings is 1. The first-order valence-corrected chi connectivity index (χ1v) is 7.71. The highest BCUT2D eigenvalue weighted by molar-refractivity contribution is 5.94. The minimum absolute atomic E-state index is 0.0546. The highest BCUT2D eigenvalue weighted by atomic mass is 16.6. The molecule has 3 N–H and O–H groups in total. The zero-order valence-electron chi connectivity index (χ0n) is 12.7. The number of aliphatic hydroxyl groups is 3. The molecule has 0 spiro atoms. The number of nitrogens with zero attached hydrogens (tertiary/aromatic N) is 1. The molecule has 2 fully saturated rings. The predicted molar refractivity (Wildman–Crippen MR) is 79.9 cm³/mol. The molecule has 126 valence electrons. The summed E-state index contributed by atoms with van der Waals surface area (Å²) in [7, 11) is 0. The molecular weight excluding hydrogens is 302 g/mol. The maximum Gasteiger partial charge on any atom is 0.254 e. The van der Waals surface area contributed by atoms with Gasteiger partial charge in [-0.3, -0.25) is 4.79 Å². The number of hydrogen-bond acceptors (Lipinski definition) is 6. The second kappa shape index (κ2) is 6.94. The van der Waals surface area contributed by atoms with Crippen molar-refractivity contribution in [2.24, 2.45) is 0 Å². The summed E-state index contributed by atoms with van der Waals surface area (Å²) in [5.74, 6) is -0.0546. The van der Waals surface area contributed by atoms with Crippen molar-refractivity contribution < 1.29 is 29.6 Å². The zero-order chi connectivity index (χ0) is 16.4. The summed E-state index contributed by atoms with van der Waals surface area (Å²) >= 11 is 0. The van der Waals surface area contributed by atoms with Crippen molar-refractivity contribution in [1.82, 2.24) is 4.90 Å². The minimum Gasteiger partial charge on any atom is -0.394 e. The van der Waals surface area contributed by atoms with E-state index in [1.54, 1.807) is 29.2 Å². The van der Waals surface area contributed by atoms with E-state index in [0.717, 1.165) is 0 Å². The van der Waals surface area contributed by atoms with Gasteiger partial charge in [0.25, 0.3) is 5.91 Å². The number of carbonyl (C=O) groups excluding carboxylic acids is 1. The molecule has 0 bridgehead atoms. The molecule has 0 aliphatic carbocycles. The van der Waals surface area contributed by atoms with E-state index in [1.807, 2.05) is 0 Å². The van der Waals surface area contributed by atoms with Crippen LogP contribution in [0.5, 0.6) is 0 Å². The van der Waals surface area contributed by atoms with E-state index in [0.29, 0.717) is 37.4 Å². The Balaban J connectivity index is 1.71. The van der Waals surface area contributed by atoms with E-state index >= 15 is 0 Å². The fourth-order valence-corrected chi connectivity index (χ4v) is 2.94. The smallest absolute Gasteiger partial charge is 0.254 e. The van der Waals surface area contributed by atoms with Crippen molar-refractivity contribution in [3.05, 3.63) is 35.4 Å². The maximum atomic E-state index is 12.4. The van der Waals surface area contributed by atoms with Crippen molar-refractivity contribution in [3.8, 4) is 0 Å². The second-order valence-electron chi connectivity index (χ2n) is 5.79. The van der Waals surface area contributed by atoms with Crippen LogP contribution in [0.3, 0.4) is 0 Å². The summed E-state index contributed by atoms with van der Waals surface area (Å²) in [6, 6.07) is 6.77. The molecule has 1 aromatic carbocycles. The van der Waals surface area contributed by atoms with Crippen LogP contribution in [0.15, 0.2) is 24.3 Å². The van der Waals surface area contributed by atoms with E-state index in [2.05, 4.69) is 0 Å². The first-order chi connectivity index (χ1) is 11.1. The lowest BCUT2D eigenvalue weighted by Crippen LogP contribution is -2.40. The van der Waals surface area contributed by atoms with E-state index < -0.39 is 24.4 Å². The Morgan fingerprint density at radius 1 is 1.13 bits per heavy atom. The molecule has 0 radical (unpaired) electrons. The molecule has 4 atom stereocenters. The van der Waals surface area contributed by atoms with E-state index in [4.69, 9.17) is 14.6 Å². The lowest BCUT2D eigenvalue weighted by molar-refractivity contribution is -0.0227. The second-order valence-corrected chi connectivity index (χ2v) is 5.79. The number of carbonyl (C=O) groups is 1. The van der Waals surface area contributed by atoms with Crippen molar-refractivity contribution in [3.63, 3.8) is 0 Å². The Bertz CT molecular complexity index is 542. The fourth-order valence-electron chi connectivity index (χ4n) is 2.94. The van der Waals surface area contributed by atoms with Crippen molar-refractivity contribution >= 4 is 5.91 Å². The van der Waals surface area contributed by atoms with Gasteiger partial charge in [-0.15, -0.1) is 0 Å². The monoisotopic (exact) mass is 323 g/mol. The SMILES string of the molecule is O=C(c1ccc([C@@H]2O[C@H](CO)[C@@H](O)[C@H]2O)cc1)N1CCOCC1. The Morgan fingerprint density at radius 3 is 2.35 bits per heavy atom. The first kappa shape index (κ1) is 16.4. The van der Waals surface area contributed by atoms with Crippen molar-refractivity contribution in [2.45, 2.75) is 24.4 Å². The molecule has 0 saturated carbocycles. The summed E-state index contributed by atoms with van der Waals surface area (Å²) in [4.78, 5) is 14.1. The molecule has 0 aromatic heterocycles. The Morgan fingerprint density at radius 2 is 1.78 bits per heavy atom. The first-order valence-electron chi connectivity index (χ1n) is 7.71. The lowest BCUT2D eigenvalue weighted by atomic mass is 10.00. The van der Waals surface area contributed by atoms with E-state index in [9.17, 15) is 15.0 Å². The number of benzene rings is 1. The molecule has 7 nitrogen and oxygen atoms in total. The molecule has 0 unspecified atom stereocenters. The van der Waals surface area contributed by atoms with Gasteiger partial charge in [0.15, 0.2) is 0 Å². The van der Waals surface area contributed by atoms with E-state index in [-0.39, 0.29) is 12.5 Å². The number of aliphatic hydroxyl groups excluding tert-OH is 3. The summed E-state index contributed by atoms with van der Waals surface area (Å²) in [5.41, 5.74) is 1.22. The van der Waals surface area contributed by atoms with Gasteiger partial charge in [0.05, 0.1) is 19.8 Å². The molecule has 1 amide bonds. The van der Waals surface area contributed by atoms with Crippen LogP contribution in [-0.2, 0) is 9.47 Å². The largest absolute Gasteiger partial charge is 0.394 e. The zero-order valence-corrected chi connectivity index (χ0v) is 12.7. The van der Waals surface area contributed by atoms with Crippen LogP contribution in [0.4, 0.5) is 0 Å². The van der Waals surface area contributed by atoms with Crippen LogP contribution < -0.4 is 0 Å². The number of rotatable bonds is 3. The molecule has 1 aromatic rings. The average molecular weight is 323 g/mol. The van der Waals surface area contributed by atoms with Crippen LogP contribution in [0.2, 0.25) is 0 Å². The summed E-state index contributed by atoms with van der Waals surface area (Å²) in [5, 5.41) is 28.9. The summed E-state index contributed by atoms with van der Waals surface area (Å²) in [6.07, 6.45) is -3.74. The van der Waals surface area contributed by atoms with Crippen LogP contribution in [0.1, 0.15) is 22.0 Å². The van der Waals surface area contributed by atoms with Crippen LogP contribution >= 0.6 is 0 Å². The van der Waals surface area contributed by atoms with Gasteiger partial charge in [0.2, 0.25) is 0 Å². The standard InChI is InChI=1S/C16H21NO6/c18-9-12-13(19)14(20)15(23-12)10-1-3-11(4-2-10)16(21)17-5-7-22-8-6-17/h1-4,12-15,18-20H,5-9H2/t12-,13-,14-,15+/m1/s1. The highest BCUT2D eigenvalue weighted by Gasteiger charge is 2.42. The van der Waals surface area contributed by atoms with Crippen molar-refractivity contribution in [2.75, 3.05) is 32.9 Å². The van der Waals surface area contributed by atoms with Crippen molar-refractivity contribution in [1.29, 1.82) is 0 Å². The van der Waals surface area contributed by atoms with Gasteiger partial charge in [0, 0.05) is 18.7 Å². The number of ether oxygens (including phenoxy) is 2. The molecule has 2 aliphatic heterocycles. The topological polar surface area (TPSA) is 99.5 Å². The van der Waals surface area contributed by atoms with Gasteiger partial charge in [-0.25, -0.2) is 0 Å². The number of hydrogen-bond donors (Lipinski definition) is 3. The van der Waals surface area contributed by atoms with Gasteiger partial charge < -0.3 is 29.7 Å². The maximum absolute atomic E-state index is 12.4. The molecule has 2 saturated heterocycles. The highest BCUT2D eigenvalue weighted by Crippen LogP contribution is 2.33. The van der Waals surface area contributed by atoms with Crippen LogP contribution in [0.25, 0.3) is 0 Å². The molecule has 23 heavy (non-hydrogen) atoms. The number of amides is 1. The third-order valence-corrected chi connectivity index (χ3v) is 4.33. The van der Waals surface area contributed by atoms with Gasteiger partial charge in [-0.1, -0.05) is 12.1 Å². The fraction of sp³-hybridized carbons (Fsp3) is 0.562. The molecule has 2 heterocycles. The third kappa shape index (κ3) is 3.24. The lowest BCUT2D eigenvalue weighted by Gasteiger charge is -2.27. The normalized spacial score (nSPS) is 31.3. The van der Waals surface area contributed by atoms with Crippen LogP contribution in [0, 0.1) is 0 Å². The van der Waals surface area contributed by atoms with E-state index in [1.165, 1.54) is 0 Å². The van der Waals surface area contributed by atoms with Gasteiger partial charge in [0.1, 0.15) is 24.4 Å². The molecule has 7 heteroatoms. The Hall–Kier alpha value is -1.51. The quantitative estimate of drug-likeness (QED) is 0.681. The van der Waals surface area contributed by atoms with Gasteiger partial charge in [-0.05, 0) is 17.7 Å². The third-order valence-electron chi connectivity index (χ3n) is 4.33. The Kier molecular flexibility index (Phi) is 4.93. The predicted octanol–water partition coefficient (Wildman–Crippen LogP) is -0.687.